The summed E-state index contributed by atoms with van der Waals surface area (Å²) in [6, 6.07) is 77.4. The molecule has 132 heavy (non-hydrogen) atoms. The van der Waals surface area contributed by atoms with Crippen molar-refractivity contribution in [3.05, 3.63) is 307 Å². The molecule has 0 bridgehead atoms. The molecule has 12 aromatic carbocycles. The maximum atomic E-state index is 5.85. The van der Waals surface area contributed by atoms with Crippen LogP contribution in [-0.2, 0) is 89.9 Å². The Labute approximate surface area is 781 Å². The van der Waals surface area contributed by atoms with Crippen molar-refractivity contribution in [1.82, 2.24) is 0 Å². The summed E-state index contributed by atoms with van der Waals surface area (Å²) in [4.78, 5) is 0. The highest BCUT2D eigenvalue weighted by molar-refractivity contribution is 5.58. The SMILES string of the molecule is COc1cc(CC[C@@H](Cc2ccc(CCc3cc(OC)c(OC)c(OC)c3)cc2)[C@H](Cc2ccc(CCc3cc(OC)c(OC)c(OC)c3)cc2)c2cc(OC)cc(OC)c2)cc(OC)c1.COc1cc(CC[C@H](Cc2ccc(CCc3cc(OC)c(OC)c(OC)c3)cc2)[C@@H](Cc2ccc(CCc3cc(OC)c(OC)c(OC)c3)cc2)c2cc(OC)cc(OC)c2)cc(OC)c1. The molecule has 0 heterocycles. The van der Waals surface area contributed by atoms with E-state index in [1.165, 1.54) is 55.6 Å². The second kappa shape index (κ2) is 50.2. The van der Waals surface area contributed by atoms with Crippen molar-refractivity contribution >= 4 is 0 Å². The van der Waals surface area contributed by atoms with Crippen LogP contribution in [0.4, 0.5) is 0 Å². The topological polar surface area (TPSA) is 185 Å². The predicted molar refractivity (Wildman–Crippen MR) is 522 cm³/mol. The van der Waals surface area contributed by atoms with E-state index in [2.05, 4.69) is 146 Å². The largest absolute Gasteiger partial charge is 0.497 e. The Bertz CT molecular complexity index is 5080. The fraction of sp³-hybridized carbons (Fsp3) is 0.357. The molecule has 0 aromatic heterocycles. The van der Waals surface area contributed by atoms with Gasteiger partial charge in [-0.2, -0.15) is 0 Å². The quantitative estimate of drug-likeness (QED) is 0.0350. The summed E-state index contributed by atoms with van der Waals surface area (Å²) in [6.45, 7) is 0. The van der Waals surface area contributed by atoms with Crippen LogP contribution in [-0.4, -0.2) is 142 Å². The van der Waals surface area contributed by atoms with Crippen molar-refractivity contribution in [3.63, 3.8) is 0 Å². The Balaban J connectivity index is 0.000000255. The fourth-order valence-corrected chi connectivity index (χ4v) is 17.6. The van der Waals surface area contributed by atoms with Gasteiger partial charge in [0.05, 0.1) is 142 Å². The third kappa shape index (κ3) is 26.9. The molecule has 0 saturated heterocycles. The maximum Gasteiger partial charge on any atom is 0.203 e. The second-order valence-electron chi connectivity index (χ2n) is 32.8. The molecule has 700 valence electrons. The molecule has 12 aromatic rings. The molecule has 0 spiro atoms. The normalized spacial score (nSPS) is 11.8. The zero-order chi connectivity index (χ0) is 94.0. The third-order valence-electron chi connectivity index (χ3n) is 24.9. The van der Waals surface area contributed by atoms with Crippen molar-refractivity contribution in [3.8, 4) is 115 Å². The van der Waals surface area contributed by atoms with Crippen LogP contribution in [0, 0.1) is 11.8 Å². The standard InChI is InChI=1S/2C56H66O10/c2*1-57-46-26-41(27-47(35-46)58-2)23-24-44(25-39-17-11-37(12-18-39)15-21-42-29-51(61-5)55(65-9)52(30-42)62-6)50(45-33-48(59-3)36-49(34-45)60-4)28-40-19-13-38(14-20-40)16-22-43-31-53(63-7)56(66-10)54(32-43)64-8/h2*11-14,17-20,26-27,29-36,44,50H,15-16,21-25,28H2,1-10H3/t2*44-,50-/m10/s1. The van der Waals surface area contributed by atoms with Crippen LogP contribution < -0.4 is 94.7 Å². The zero-order valence-electron chi connectivity index (χ0n) is 80.6. The van der Waals surface area contributed by atoms with Gasteiger partial charge < -0.3 is 94.7 Å². The van der Waals surface area contributed by atoms with Gasteiger partial charge in [-0.15, -0.1) is 0 Å². The average Bonchev–Trinajstić information content (AvgIpc) is 0.915. The van der Waals surface area contributed by atoms with E-state index in [1.54, 1.807) is 142 Å². The van der Waals surface area contributed by atoms with E-state index >= 15 is 0 Å². The first-order valence-corrected chi connectivity index (χ1v) is 44.7. The second-order valence-corrected chi connectivity index (χ2v) is 32.8. The number of ether oxygens (including phenoxy) is 20. The van der Waals surface area contributed by atoms with E-state index < -0.39 is 0 Å². The summed E-state index contributed by atoms with van der Waals surface area (Å²) < 4.78 is 113. The smallest absolute Gasteiger partial charge is 0.203 e. The van der Waals surface area contributed by atoms with Crippen LogP contribution in [0.3, 0.4) is 0 Å². The minimum atomic E-state index is 0.117. The van der Waals surface area contributed by atoms with Crippen molar-refractivity contribution in [1.29, 1.82) is 0 Å². The van der Waals surface area contributed by atoms with Crippen LogP contribution in [0.25, 0.3) is 0 Å². The van der Waals surface area contributed by atoms with E-state index in [-0.39, 0.29) is 23.7 Å². The van der Waals surface area contributed by atoms with Crippen molar-refractivity contribution in [2.24, 2.45) is 11.8 Å². The third-order valence-corrected chi connectivity index (χ3v) is 24.9. The molecule has 20 heteroatoms. The van der Waals surface area contributed by atoms with Gasteiger partial charge in [0.15, 0.2) is 46.0 Å². The molecule has 0 fully saturated rings. The Morgan fingerprint density at radius 3 is 0.500 bits per heavy atom. The summed E-state index contributed by atoms with van der Waals surface area (Å²) in [5, 5.41) is 0. The molecular weight excluding hydrogens is 1670 g/mol. The molecule has 0 N–H and O–H groups in total. The van der Waals surface area contributed by atoms with Crippen LogP contribution in [0.1, 0.15) is 114 Å². The summed E-state index contributed by atoms with van der Waals surface area (Å²) in [6.07, 6.45) is 13.6. The molecule has 0 aliphatic carbocycles. The highest BCUT2D eigenvalue weighted by atomic mass is 16.6. The number of aryl methyl sites for hydroxylation is 10. The predicted octanol–water partition coefficient (Wildman–Crippen LogP) is 22.3. The number of hydrogen-bond donors (Lipinski definition) is 0. The number of benzene rings is 12. The van der Waals surface area contributed by atoms with Gasteiger partial charge in [0, 0.05) is 24.3 Å². The van der Waals surface area contributed by atoms with E-state index in [9.17, 15) is 0 Å². The first-order valence-electron chi connectivity index (χ1n) is 44.7. The van der Waals surface area contributed by atoms with Gasteiger partial charge in [-0.3, -0.25) is 0 Å². The molecule has 0 saturated carbocycles. The van der Waals surface area contributed by atoms with Gasteiger partial charge in [0.1, 0.15) is 46.0 Å². The molecule has 20 nitrogen and oxygen atoms in total. The molecule has 0 aliphatic heterocycles. The first kappa shape index (κ1) is 99.2. The molecule has 0 radical (unpaired) electrons. The van der Waals surface area contributed by atoms with Gasteiger partial charge in [-0.05, 0) is 312 Å². The summed E-state index contributed by atoms with van der Waals surface area (Å²) in [5.74, 6) is 14.5. The number of rotatable bonds is 50. The molecule has 4 atom stereocenters. The average molecular weight is 1800 g/mol. The van der Waals surface area contributed by atoms with Crippen molar-refractivity contribution < 1.29 is 94.7 Å². The maximum absolute atomic E-state index is 5.85. The number of methoxy groups -OCH3 is 20. The van der Waals surface area contributed by atoms with Crippen LogP contribution >= 0.6 is 0 Å². The molecule has 12 rings (SSSR count). The first-order chi connectivity index (χ1) is 64.3. The van der Waals surface area contributed by atoms with Gasteiger partial charge in [0.25, 0.3) is 0 Å². The Hall–Kier alpha value is -13.4. The summed E-state index contributed by atoms with van der Waals surface area (Å²) in [7, 11) is 33.3. The lowest BCUT2D eigenvalue weighted by Crippen LogP contribution is -2.20. The highest BCUT2D eigenvalue weighted by Gasteiger charge is 2.30. The highest BCUT2D eigenvalue weighted by Crippen LogP contribution is 2.46. The molecular formula is C112H132O20. The monoisotopic (exact) mass is 1800 g/mol. The van der Waals surface area contributed by atoms with Gasteiger partial charge >= 0.3 is 0 Å². The summed E-state index contributed by atoms with van der Waals surface area (Å²) in [5.41, 5.74) is 19.2. The lowest BCUT2D eigenvalue weighted by atomic mass is 9.75. The minimum Gasteiger partial charge on any atom is -0.497 e. The van der Waals surface area contributed by atoms with E-state index in [0.717, 1.165) is 182 Å². The minimum absolute atomic E-state index is 0.117. The Morgan fingerprint density at radius 2 is 0.318 bits per heavy atom. The zero-order valence-corrected chi connectivity index (χ0v) is 80.6. The molecule has 0 unspecified atom stereocenters. The van der Waals surface area contributed by atoms with Crippen molar-refractivity contribution in [2.45, 2.75) is 115 Å². The van der Waals surface area contributed by atoms with E-state index in [0.29, 0.717) is 69.0 Å². The lowest BCUT2D eigenvalue weighted by molar-refractivity contribution is 0.324. The lowest BCUT2D eigenvalue weighted by Gasteiger charge is -2.29. The fourth-order valence-electron chi connectivity index (χ4n) is 17.6. The van der Waals surface area contributed by atoms with Crippen LogP contribution in [0.5, 0.6) is 115 Å². The Morgan fingerprint density at radius 1 is 0.152 bits per heavy atom. The van der Waals surface area contributed by atoms with Gasteiger partial charge in [-0.25, -0.2) is 0 Å². The van der Waals surface area contributed by atoms with E-state index in [1.807, 2.05) is 72.8 Å². The summed E-state index contributed by atoms with van der Waals surface area (Å²) >= 11 is 0. The molecule has 0 amide bonds. The molecule has 0 aliphatic rings. The Kier molecular flexibility index (Phi) is 37.7. The van der Waals surface area contributed by atoms with Gasteiger partial charge in [0.2, 0.25) is 23.0 Å². The number of hydrogen-bond acceptors (Lipinski definition) is 20. The van der Waals surface area contributed by atoms with E-state index in [4.69, 9.17) is 94.7 Å². The van der Waals surface area contributed by atoms with Gasteiger partial charge in [-0.1, -0.05) is 97.1 Å². The van der Waals surface area contributed by atoms with Crippen molar-refractivity contribution in [2.75, 3.05) is 142 Å². The van der Waals surface area contributed by atoms with Crippen LogP contribution in [0.2, 0.25) is 0 Å². The van der Waals surface area contributed by atoms with Crippen LogP contribution in [0.15, 0.2) is 218 Å².